The maximum atomic E-state index is 14.0. The van der Waals surface area contributed by atoms with Gasteiger partial charge in [0.05, 0.1) is 18.7 Å². The Kier molecular flexibility index (Phi) is 4.46. The summed E-state index contributed by atoms with van der Waals surface area (Å²) >= 11 is 0. The first-order valence-corrected chi connectivity index (χ1v) is 7.74. The van der Waals surface area contributed by atoms with Crippen molar-refractivity contribution in [2.24, 2.45) is 10.7 Å². The van der Waals surface area contributed by atoms with E-state index in [1.807, 2.05) is 37.3 Å². The maximum Gasteiger partial charge on any atom is 0.189 e. The summed E-state index contributed by atoms with van der Waals surface area (Å²) in [5.74, 6) is 0.932. The normalized spacial score (nSPS) is 20.5. The third-order valence-corrected chi connectivity index (χ3v) is 3.93. The molecular formula is C18H20FN3O. The lowest BCUT2D eigenvalue weighted by atomic mass is 9.93. The lowest BCUT2D eigenvalue weighted by Crippen LogP contribution is -2.39. The molecule has 1 aliphatic heterocycles. The number of nitrogens with one attached hydrogen (secondary N) is 1. The molecule has 0 fully saturated rings. The summed E-state index contributed by atoms with van der Waals surface area (Å²) in [6.45, 7) is 2.58. The largest absolute Gasteiger partial charge is 0.494 e. The fourth-order valence-corrected chi connectivity index (χ4v) is 2.84. The number of halogens is 1. The molecule has 3 rings (SSSR count). The predicted molar refractivity (Wildman–Crippen MR) is 88.9 cm³/mol. The van der Waals surface area contributed by atoms with Gasteiger partial charge in [0, 0.05) is 5.56 Å². The zero-order valence-corrected chi connectivity index (χ0v) is 13.0. The van der Waals surface area contributed by atoms with Crippen LogP contribution in [0.3, 0.4) is 0 Å². The molecule has 1 heterocycles. The number of benzene rings is 2. The summed E-state index contributed by atoms with van der Waals surface area (Å²) in [5.41, 5.74) is 7.56. The Morgan fingerprint density at radius 3 is 2.65 bits per heavy atom. The monoisotopic (exact) mass is 313 g/mol. The van der Waals surface area contributed by atoms with E-state index in [0.29, 0.717) is 24.6 Å². The molecule has 23 heavy (non-hydrogen) atoms. The van der Waals surface area contributed by atoms with Gasteiger partial charge in [-0.05, 0) is 37.1 Å². The van der Waals surface area contributed by atoms with Crippen LogP contribution >= 0.6 is 0 Å². The van der Waals surface area contributed by atoms with Crippen molar-refractivity contribution in [3.63, 3.8) is 0 Å². The molecule has 0 bridgehead atoms. The van der Waals surface area contributed by atoms with E-state index < -0.39 is 0 Å². The molecule has 2 aromatic carbocycles. The topological polar surface area (TPSA) is 59.6 Å². The molecular weight excluding hydrogens is 293 g/mol. The highest BCUT2D eigenvalue weighted by Crippen LogP contribution is 2.33. The van der Waals surface area contributed by atoms with Crippen molar-refractivity contribution in [3.8, 4) is 5.75 Å². The Bertz CT molecular complexity index is 700. The van der Waals surface area contributed by atoms with Crippen LogP contribution in [0.15, 0.2) is 53.5 Å². The Hall–Kier alpha value is -2.56. The number of aliphatic imine (C=N–C) groups is 1. The quantitative estimate of drug-likeness (QED) is 0.910. The van der Waals surface area contributed by atoms with Gasteiger partial charge in [-0.25, -0.2) is 9.38 Å². The van der Waals surface area contributed by atoms with E-state index in [0.717, 1.165) is 11.3 Å². The van der Waals surface area contributed by atoms with Crippen LogP contribution in [0.4, 0.5) is 4.39 Å². The van der Waals surface area contributed by atoms with E-state index >= 15 is 0 Å². The van der Waals surface area contributed by atoms with Gasteiger partial charge in [-0.1, -0.05) is 30.3 Å². The number of guanidine groups is 1. The van der Waals surface area contributed by atoms with Gasteiger partial charge in [0.15, 0.2) is 5.96 Å². The van der Waals surface area contributed by atoms with Gasteiger partial charge in [-0.3, -0.25) is 0 Å². The number of nitrogens with zero attached hydrogens (tertiary/aromatic N) is 1. The third-order valence-electron chi connectivity index (χ3n) is 3.93. The molecule has 2 aromatic rings. The van der Waals surface area contributed by atoms with Gasteiger partial charge >= 0.3 is 0 Å². The van der Waals surface area contributed by atoms with Gasteiger partial charge in [0.1, 0.15) is 11.6 Å². The molecule has 3 N–H and O–H groups in total. The second-order valence-corrected chi connectivity index (χ2v) is 5.49. The molecule has 0 saturated heterocycles. The molecule has 0 spiro atoms. The Balaban J connectivity index is 1.83. The molecule has 5 heteroatoms. The van der Waals surface area contributed by atoms with Gasteiger partial charge in [0.2, 0.25) is 0 Å². The zero-order chi connectivity index (χ0) is 16.2. The average Bonchev–Trinajstić information content (AvgIpc) is 2.56. The predicted octanol–water partition coefficient (Wildman–Crippen LogP) is 3.31. The molecule has 2 atom stereocenters. The standard InChI is InChI=1S/C18H20FN3O/c1-2-23-13-9-7-12(8-10-13)16-11-17(22-18(20)21-16)14-5-3-4-6-15(14)19/h3-10,16-17H,2,11H2,1H3,(H3,20,21,22). The molecule has 0 aromatic heterocycles. The van der Waals surface area contributed by atoms with Crippen LogP contribution in [0.1, 0.15) is 36.6 Å². The van der Waals surface area contributed by atoms with Crippen LogP contribution in [-0.2, 0) is 0 Å². The first-order valence-electron chi connectivity index (χ1n) is 7.74. The van der Waals surface area contributed by atoms with Crippen LogP contribution in [-0.4, -0.2) is 12.6 Å². The Labute approximate surface area is 135 Å². The molecule has 0 radical (unpaired) electrons. The van der Waals surface area contributed by atoms with E-state index in [2.05, 4.69) is 10.3 Å². The van der Waals surface area contributed by atoms with Crippen LogP contribution in [0, 0.1) is 5.82 Å². The van der Waals surface area contributed by atoms with Crippen molar-refractivity contribution in [1.29, 1.82) is 0 Å². The number of hydrogen-bond acceptors (Lipinski definition) is 4. The number of rotatable bonds is 4. The summed E-state index contributed by atoms with van der Waals surface area (Å²) in [7, 11) is 0. The second-order valence-electron chi connectivity index (χ2n) is 5.49. The highest BCUT2D eigenvalue weighted by atomic mass is 19.1. The highest BCUT2D eigenvalue weighted by Gasteiger charge is 2.26. The van der Waals surface area contributed by atoms with E-state index in [1.165, 1.54) is 6.07 Å². The molecule has 0 amide bonds. The minimum Gasteiger partial charge on any atom is -0.494 e. The average molecular weight is 313 g/mol. The molecule has 2 unspecified atom stereocenters. The van der Waals surface area contributed by atoms with Crippen molar-refractivity contribution in [1.82, 2.24) is 5.32 Å². The van der Waals surface area contributed by atoms with Crippen molar-refractivity contribution in [2.75, 3.05) is 6.61 Å². The van der Waals surface area contributed by atoms with Gasteiger partial charge in [-0.15, -0.1) is 0 Å². The fraction of sp³-hybridized carbons (Fsp3) is 0.278. The first kappa shape index (κ1) is 15.3. The van der Waals surface area contributed by atoms with Crippen molar-refractivity contribution in [3.05, 3.63) is 65.5 Å². The lowest BCUT2D eigenvalue weighted by molar-refractivity contribution is 0.340. The zero-order valence-electron chi connectivity index (χ0n) is 13.0. The smallest absolute Gasteiger partial charge is 0.189 e. The van der Waals surface area contributed by atoms with E-state index in [4.69, 9.17) is 10.5 Å². The summed E-state index contributed by atoms with van der Waals surface area (Å²) in [6.07, 6.45) is 0.648. The summed E-state index contributed by atoms with van der Waals surface area (Å²) in [5, 5.41) is 3.07. The Morgan fingerprint density at radius 1 is 1.22 bits per heavy atom. The number of ether oxygens (including phenoxy) is 1. The fourth-order valence-electron chi connectivity index (χ4n) is 2.84. The number of nitrogens with two attached hydrogens (primary N) is 1. The van der Waals surface area contributed by atoms with E-state index in [-0.39, 0.29) is 17.9 Å². The first-order chi connectivity index (χ1) is 11.2. The van der Waals surface area contributed by atoms with Crippen molar-refractivity contribution >= 4 is 5.96 Å². The van der Waals surface area contributed by atoms with Crippen LogP contribution < -0.4 is 15.8 Å². The summed E-state index contributed by atoms with van der Waals surface area (Å²) < 4.78 is 19.5. The lowest BCUT2D eigenvalue weighted by Gasteiger charge is -2.29. The molecule has 120 valence electrons. The minimum atomic E-state index is -0.231. The van der Waals surface area contributed by atoms with Crippen LogP contribution in [0.25, 0.3) is 0 Å². The maximum absolute atomic E-state index is 14.0. The minimum absolute atomic E-state index is 0.100. The molecule has 1 aliphatic rings. The van der Waals surface area contributed by atoms with Gasteiger partial charge in [-0.2, -0.15) is 0 Å². The van der Waals surface area contributed by atoms with Gasteiger partial charge in [0.25, 0.3) is 0 Å². The van der Waals surface area contributed by atoms with E-state index in [9.17, 15) is 4.39 Å². The summed E-state index contributed by atoms with van der Waals surface area (Å²) in [6, 6.07) is 14.3. The van der Waals surface area contributed by atoms with Crippen molar-refractivity contribution in [2.45, 2.75) is 25.4 Å². The number of hydrogen-bond donors (Lipinski definition) is 2. The molecule has 4 nitrogen and oxygen atoms in total. The second kappa shape index (κ2) is 6.69. The van der Waals surface area contributed by atoms with E-state index in [1.54, 1.807) is 12.1 Å². The molecule has 0 aliphatic carbocycles. The van der Waals surface area contributed by atoms with Crippen molar-refractivity contribution < 1.29 is 9.13 Å². The SMILES string of the molecule is CCOc1ccc(C2CC(c3ccccc3F)NC(N)=N2)cc1. The Morgan fingerprint density at radius 2 is 1.96 bits per heavy atom. The van der Waals surface area contributed by atoms with Crippen LogP contribution in [0.2, 0.25) is 0 Å². The third kappa shape index (κ3) is 3.44. The highest BCUT2D eigenvalue weighted by molar-refractivity contribution is 5.79. The molecule has 0 saturated carbocycles. The summed E-state index contributed by atoms with van der Waals surface area (Å²) in [4.78, 5) is 4.45. The van der Waals surface area contributed by atoms with Gasteiger partial charge < -0.3 is 15.8 Å². The van der Waals surface area contributed by atoms with Crippen LogP contribution in [0.5, 0.6) is 5.75 Å².